The molecule has 1 aliphatic carbocycles. The van der Waals surface area contributed by atoms with Crippen LogP contribution in [-0.2, 0) is 28.6 Å². The molecule has 3 aliphatic rings. The molecule has 232 valence electrons. The van der Waals surface area contributed by atoms with Gasteiger partial charge in [-0.15, -0.1) is 11.3 Å². The fraction of sp³-hybridized carbons (Fsp3) is 0.452. The van der Waals surface area contributed by atoms with Crippen LogP contribution in [0.15, 0.2) is 41.1 Å². The number of aliphatic carboxylic acids is 1. The molecule has 1 saturated heterocycles. The SMILES string of the molecule is COc1ccccc1[C@H](CN1C(=O)C2(CC(C(=O)OCC(=O)O)C2)C(=O)c2c1sc(-c1ncco1)c2C)OC1CCOCC1. The largest absolute Gasteiger partial charge is 0.496 e. The number of hydrogen-bond donors (Lipinski definition) is 1. The van der Waals surface area contributed by atoms with E-state index in [9.17, 15) is 19.2 Å². The molecule has 2 aliphatic heterocycles. The Morgan fingerprint density at radius 3 is 2.64 bits per heavy atom. The van der Waals surface area contributed by atoms with Gasteiger partial charge in [-0.05, 0) is 44.2 Å². The number of ketones is 1. The number of anilines is 1. The number of carbonyl (C=O) groups is 4. The van der Waals surface area contributed by atoms with E-state index < -0.39 is 41.9 Å². The highest BCUT2D eigenvalue weighted by Gasteiger charge is 2.63. The van der Waals surface area contributed by atoms with Crippen LogP contribution in [-0.4, -0.2) is 73.3 Å². The molecule has 1 atom stereocenters. The Labute approximate surface area is 256 Å². The van der Waals surface area contributed by atoms with E-state index in [4.69, 9.17) is 28.5 Å². The number of carboxylic acids is 1. The van der Waals surface area contributed by atoms with Gasteiger partial charge < -0.3 is 28.5 Å². The summed E-state index contributed by atoms with van der Waals surface area (Å²) in [6.45, 7) is 2.22. The Balaban J connectivity index is 1.40. The predicted molar refractivity (Wildman–Crippen MR) is 156 cm³/mol. The van der Waals surface area contributed by atoms with E-state index in [1.54, 1.807) is 18.9 Å². The summed E-state index contributed by atoms with van der Waals surface area (Å²) in [5.74, 6) is -2.68. The summed E-state index contributed by atoms with van der Waals surface area (Å²) in [5, 5.41) is 9.38. The van der Waals surface area contributed by atoms with Crippen LogP contribution in [0.1, 0.15) is 53.3 Å². The number of oxazole rings is 1. The van der Waals surface area contributed by atoms with Gasteiger partial charge in [-0.25, -0.2) is 9.78 Å². The van der Waals surface area contributed by atoms with Gasteiger partial charge in [0.25, 0.3) is 0 Å². The van der Waals surface area contributed by atoms with E-state index in [0.717, 1.165) is 5.56 Å². The van der Waals surface area contributed by atoms with E-state index in [1.807, 2.05) is 24.3 Å². The van der Waals surface area contributed by atoms with Crippen molar-refractivity contribution in [2.24, 2.45) is 11.3 Å². The fourth-order valence-corrected chi connectivity index (χ4v) is 7.52. The van der Waals surface area contributed by atoms with E-state index in [0.29, 0.717) is 58.7 Å². The zero-order valence-electron chi connectivity index (χ0n) is 24.3. The molecule has 3 aromatic rings. The number of nitrogens with zero attached hydrogens (tertiary/aromatic N) is 2. The molecule has 44 heavy (non-hydrogen) atoms. The lowest BCUT2D eigenvalue weighted by molar-refractivity contribution is -0.164. The van der Waals surface area contributed by atoms with Crippen LogP contribution >= 0.6 is 11.3 Å². The third kappa shape index (κ3) is 5.29. The van der Waals surface area contributed by atoms with Crippen molar-refractivity contribution in [1.82, 2.24) is 4.98 Å². The summed E-state index contributed by atoms with van der Waals surface area (Å²) in [4.78, 5) is 58.7. The summed E-state index contributed by atoms with van der Waals surface area (Å²) < 4.78 is 28.3. The van der Waals surface area contributed by atoms with Gasteiger partial charge in [0.1, 0.15) is 28.5 Å². The lowest BCUT2D eigenvalue weighted by atomic mass is 9.56. The number of amides is 1. The van der Waals surface area contributed by atoms with Gasteiger partial charge in [0.15, 0.2) is 12.4 Å². The molecule has 2 fully saturated rings. The maximum absolute atomic E-state index is 14.5. The molecule has 13 heteroatoms. The van der Waals surface area contributed by atoms with E-state index >= 15 is 0 Å². The quantitative estimate of drug-likeness (QED) is 0.255. The Morgan fingerprint density at radius 2 is 1.95 bits per heavy atom. The molecule has 1 amide bonds. The minimum absolute atomic E-state index is 0.0805. The first-order chi connectivity index (χ1) is 21.2. The Hall–Kier alpha value is -4.07. The van der Waals surface area contributed by atoms with Crippen LogP contribution in [0.3, 0.4) is 0 Å². The Morgan fingerprint density at radius 1 is 1.20 bits per heavy atom. The number of rotatable bonds is 10. The van der Waals surface area contributed by atoms with Gasteiger partial charge in [0.2, 0.25) is 11.8 Å². The number of carbonyl (C=O) groups excluding carboxylic acids is 3. The number of aromatic nitrogens is 1. The predicted octanol–water partition coefficient (Wildman–Crippen LogP) is 4.21. The second-order valence-electron chi connectivity index (χ2n) is 11.2. The summed E-state index contributed by atoms with van der Waals surface area (Å²) in [6.07, 6.45) is 3.46. The Kier molecular flexibility index (Phi) is 8.27. The second kappa shape index (κ2) is 12.1. The van der Waals surface area contributed by atoms with E-state index in [1.165, 1.54) is 23.8 Å². The van der Waals surface area contributed by atoms with Crippen LogP contribution in [0.2, 0.25) is 0 Å². The number of ether oxygens (including phenoxy) is 4. The molecule has 1 saturated carbocycles. The van der Waals surface area contributed by atoms with Crippen LogP contribution in [0.5, 0.6) is 5.75 Å². The molecule has 6 rings (SSSR count). The monoisotopic (exact) mass is 624 g/mol. The number of para-hydroxylation sites is 1. The smallest absolute Gasteiger partial charge is 0.341 e. The number of Topliss-reactive ketones (excluding diaryl/α,β-unsaturated/α-hetero) is 1. The molecule has 0 unspecified atom stereocenters. The summed E-state index contributed by atoms with van der Waals surface area (Å²) >= 11 is 1.25. The zero-order chi connectivity index (χ0) is 31.0. The van der Waals surface area contributed by atoms with Crippen LogP contribution in [0, 0.1) is 18.3 Å². The molecule has 2 aromatic heterocycles. The average Bonchev–Trinajstić information content (AvgIpc) is 3.65. The van der Waals surface area contributed by atoms with Crippen molar-refractivity contribution in [2.75, 3.05) is 38.4 Å². The standard InChI is InChI=1S/C31H32N2O10S/c1-17-24-26(36)31(13-18(14-31)29(37)42-16-23(34)35)30(38)33(28(24)44-25(17)27-32-9-12-41-27)15-22(43-19-7-10-40-11-8-19)20-5-3-4-6-21(20)39-2/h3-6,9,12,18-19,22H,7-8,10-11,13-16H2,1-2H3,(H,34,35)/t18?,22-,31?/m0/s1. The molecule has 0 radical (unpaired) electrons. The third-order valence-electron chi connectivity index (χ3n) is 8.54. The first-order valence-electron chi connectivity index (χ1n) is 14.4. The number of thiophene rings is 1. The fourth-order valence-electron chi connectivity index (χ4n) is 6.26. The number of hydrogen-bond acceptors (Lipinski definition) is 11. The van der Waals surface area contributed by atoms with Crippen molar-refractivity contribution >= 4 is 40.0 Å². The first-order valence-corrected chi connectivity index (χ1v) is 15.2. The normalized spacial score (nSPS) is 22.4. The highest BCUT2D eigenvalue weighted by atomic mass is 32.1. The summed E-state index contributed by atoms with van der Waals surface area (Å²) in [5.41, 5.74) is 0.269. The van der Waals surface area contributed by atoms with Crippen LogP contribution < -0.4 is 9.64 Å². The number of fused-ring (bicyclic) bond motifs is 1. The highest BCUT2D eigenvalue weighted by molar-refractivity contribution is 7.20. The van der Waals surface area contributed by atoms with Crippen LogP contribution in [0.25, 0.3) is 10.8 Å². The topological polar surface area (TPSA) is 155 Å². The molecule has 1 N–H and O–H groups in total. The molecule has 4 heterocycles. The number of carboxylic acid groups (broad SMARTS) is 1. The Bertz CT molecular complexity index is 1570. The van der Waals surface area contributed by atoms with Gasteiger partial charge >= 0.3 is 11.9 Å². The van der Waals surface area contributed by atoms with Crippen molar-refractivity contribution in [3.05, 3.63) is 53.4 Å². The highest BCUT2D eigenvalue weighted by Crippen LogP contribution is 2.57. The van der Waals surface area contributed by atoms with Crippen molar-refractivity contribution < 1.29 is 47.6 Å². The number of benzene rings is 1. The molecule has 1 aromatic carbocycles. The maximum Gasteiger partial charge on any atom is 0.341 e. The van der Waals surface area contributed by atoms with Gasteiger partial charge in [0.05, 0.1) is 42.3 Å². The van der Waals surface area contributed by atoms with Gasteiger partial charge in [-0.3, -0.25) is 19.3 Å². The average molecular weight is 625 g/mol. The lowest BCUT2D eigenvalue weighted by Crippen LogP contribution is -2.60. The van der Waals surface area contributed by atoms with Crippen molar-refractivity contribution in [1.29, 1.82) is 0 Å². The van der Waals surface area contributed by atoms with Gasteiger partial charge in [-0.2, -0.15) is 0 Å². The molecular formula is C31H32N2O10S. The summed E-state index contributed by atoms with van der Waals surface area (Å²) in [7, 11) is 1.57. The minimum Gasteiger partial charge on any atom is -0.496 e. The lowest BCUT2D eigenvalue weighted by Gasteiger charge is -2.49. The number of esters is 1. The van der Waals surface area contributed by atoms with Gasteiger partial charge in [-0.1, -0.05) is 18.2 Å². The van der Waals surface area contributed by atoms with E-state index in [-0.39, 0.29) is 31.3 Å². The molecule has 12 nitrogen and oxygen atoms in total. The second-order valence-corrected chi connectivity index (χ2v) is 12.2. The minimum atomic E-state index is -1.50. The molecule has 0 bridgehead atoms. The zero-order valence-corrected chi connectivity index (χ0v) is 25.1. The van der Waals surface area contributed by atoms with Crippen molar-refractivity contribution in [2.45, 2.75) is 44.8 Å². The van der Waals surface area contributed by atoms with Crippen molar-refractivity contribution in [3.63, 3.8) is 0 Å². The molecular weight excluding hydrogens is 592 g/mol. The van der Waals surface area contributed by atoms with E-state index in [2.05, 4.69) is 4.98 Å². The summed E-state index contributed by atoms with van der Waals surface area (Å²) in [6, 6.07) is 7.46. The molecule has 1 spiro atoms. The maximum atomic E-state index is 14.5. The van der Waals surface area contributed by atoms with Crippen molar-refractivity contribution in [3.8, 4) is 16.5 Å². The first kappa shape index (κ1) is 30.0. The number of methoxy groups -OCH3 is 1. The van der Waals surface area contributed by atoms with Gasteiger partial charge in [0, 0.05) is 18.8 Å². The third-order valence-corrected chi connectivity index (χ3v) is 9.84. The van der Waals surface area contributed by atoms with Crippen LogP contribution in [0.4, 0.5) is 5.00 Å².